The van der Waals surface area contributed by atoms with Crippen molar-refractivity contribution in [1.29, 1.82) is 0 Å². The van der Waals surface area contributed by atoms with Gasteiger partial charge < -0.3 is 15.0 Å². The van der Waals surface area contributed by atoms with Crippen LogP contribution in [0.4, 0.5) is 17.6 Å². The van der Waals surface area contributed by atoms with Crippen molar-refractivity contribution < 1.29 is 26.9 Å². The van der Waals surface area contributed by atoms with Crippen molar-refractivity contribution in [3.63, 3.8) is 0 Å². The van der Waals surface area contributed by atoms with Gasteiger partial charge in [0.25, 0.3) is 0 Å². The lowest BCUT2D eigenvalue weighted by Crippen LogP contribution is -2.41. The lowest BCUT2D eigenvalue weighted by Gasteiger charge is -2.32. The van der Waals surface area contributed by atoms with Gasteiger partial charge in [-0.3, -0.25) is 0 Å². The normalized spacial score (nSPS) is 22.0. The predicted octanol–water partition coefficient (Wildman–Crippen LogP) is 3.48. The third kappa shape index (κ3) is 2.87. The topological polar surface area (TPSA) is 44.5 Å². The van der Waals surface area contributed by atoms with Gasteiger partial charge in [-0.1, -0.05) is 12.1 Å². The summed E-state index contributed by atoms with van der Waals surface area (Å²) in [6, 6.07) is 3.08. The fourth-order valence-corrected chi connectivity index (χ4v) is 2.30. The van der Waals surface area contributed by atoms with Crippen LogP contribution in [0.5, 0.6) is 0 Å². The monoisotopic (exact) mass is 319 g/mol. The molecule has 1 heterocycles. The van der Waals surface area contributed by atoms with E-state index in [9.17, 15) is 17.6 Å². The molecule has 0 aliphatic carbocycles. The maximum absolute atomic E-state index is 13.6. The highest BCUT2D eigenvalue weighted by atomic mass is 19.4. The highest BCUT2D eigenvalue weighted by molar-refractivity contribution is 6.47. The van der Waals surface area contributed by atoms with Crippen molar-refractivity contribution in [3.05, 3.63) is 35.1 Å². The lowest BCUT2D eigenvalue weighted by atomic mass is 9.73. The Morgan fingerprint density at radius 1 is 1.09 bits per heavy atom. The first-order valence-electron chi connectivity index (χ1n) is 6.83. The van der Waals surface area contributed by atoms with Crippen LogP contribution in [0.25, 0.3) is 0 Å². The van der Waals surface area contributed by atoms with Crippen molar-refractivity contribution >= 4 is 7.12 Å². The number of hydrogen-bond donors (Lipinski definition) is 1. The van der Waals surface area contributed by atoms with E-state index in [0.29, 0.717) is 0 Å². The van der Waals surface area contributed by atoms with Gasteiger partial charge in [-0.05, 0) is 39.3 Å². The Morgan fingerprint density at radius 2 is 1.59 bits per heavy atom. The minimum absolute atomic E-state index is 0.383. The summed E-state index contributed by atoms with van der Waals surface area (Å²) in [4.78, 5) is 0. The first-order valence-corrected chi connectivity index (χ1v) is 6.83. The summed E-state index contributed by atoms with van der Waals surface area (Å²) >= 11 is 0. The van der Waals surface area contributed by atoms with Crippen LogP contribution in [0.3, 0.4) is 0 Å². The molecule has 0 aromatic heterocycles. The minimum atomic E-state index is -4.85. The van der Waals surface area contributed by atoms with Gasteiger partial charge in [0.15, 0.2) is 0 Å². The molecule has 1 saturated heterocycles. The van der Waals surface area contributed by atoms with Crippen molar-refractivity contribution in [3.8, 4) is 0 Å². The smallest absolute Gasteiger partial charge is 0.402 e. The van der Waals surface area contributed by atoms with Gasteiger partial charge in [0.2, 0.25) is 0 Å². The van der Waals surface area contributed by atoms with Crippen molar-refractivity contribution in [1.82, 2.24) is 0 Å². The molecule has 0 unspecified atom stereocenters. The molecule has 22 heavy (non-hydrogen) atoms. The van der Waals surface area contributed by atoms with E-state index < -0.39 is 41.8 Å². The van der Waals surface area contributed by atoms with Crippen LogP contribution in [0.1, 0.15) is 44.8 Å². The Bertz CT molecular complexity index is 558. The Labute approximate surface area is 126 Å². The Hall–Kier alpha value is -1.12. The van der Waals surface area contributed by atoms with Crippen LogP contribution < -0.4 is 5.73 Å². The minimum Gasteiger partial charge on any atom is -0.402 e. The summed E-state index contributed by atoms with van der Waals surface area (Å²) in [7, 11) is -1.09. The zero-order valence-corrected chi connectivity index (χ0v) is 12.8. The quantitative estimate of drug-likeness (QED) is 0.670. The molecule has 8 heteroatoms. The van der Waals surface area contributed by atoms with Crippen molar-refractivity contribution in [2.75, 3.05) is 0 Å². The van der Waals surface area contributed by atoms with Gasteiger partial charge in [-0.25, -0.2) is 4.39 Å². The summed E-state index contributed by atoms with van der Waals surface area (Å²) < 4.78 is 64.2. The third-order valence-electron chi connectivity index (χ3n) is 4.25. The average molecular weight is 319 g/mol. The highest BCUT2D eigenvalue weighted by Crippen LogP contribution is 2.42. The standard InChI is InChI=1S/C14H18BF4NO2/c1-12(2)13(3,4)22-15(21-12)11(20)8-6-5-7-9(16)10(8)14(17,18)19/h5-7,11H,20H2,1-4H3/t11-/m0/s1. The van der Waals surface area contributed by atoms with Gasteiger partial charge in [0.1, 0.15) is 5.82 Å². The number of alkyl halides is 3. The molecule has 1 aliphatic heterocycles. The van der Waals surface area contributed by atoms with Gasteiger partial charge >= 0.3 is 13.3 Å². The van der Waals surface area contributed by atoms with E-state index in [1.165, 1.54) is 6.07 Å². The largest absolute Gasteiger partial charge is 0.480 e. The second kappa shape index (κ2) is 5.21. The molecule has 2 N–H and O–H groups in total. The second-order valence-corrected chi connectivity index (χ2v) is 6.35. The molecular formula is C14H18BF4NO2. The van der Waals surface area contributed by atoms with E-state index >= 15 is 0 Å². The Morgan fingerprint density at radius 3 is 2.05 bits per heavy atom. The van der Waals surface area contributed by atoms with E-state index in [-0.39, 0.29) is 5.56 Å². The summed E-state index contributed by atoms with van der Waals surface area (Å²) in [5.74, 6) is -2.62. The number of benzene rings is 1. The number of halogens is 4. The highest BCUT2D eigenvalue weighted by Gasteiger charge is 2.54. The molecule has 0 bridgehead atoms. The maximum Gasteiger partial charge on any atom is 0.480 e. The molecule has 2 rings (SSSR count). The zero-order chi connectivity index (χ0) is 16.9. The SMILES string of the molecule is CC1(C)OB([C@@H](N)c2cccc(F)c2C(F)(F)F)OC1(C)C. The predicted molar refractivity (Wildman–Crippen MR) is 74.4 cm³/mol. The van der Waals surface area contributed by atoms with Crippen LogP contribution in [0.2, 0.25) is 0 Å². The Kier molecular flexibility index (Phi) is 4.09. The van der Waals surface area contributed by atoms with Crippen LogP contribution in [-0.4, -0.2) is 18.3 Å². The summed E-state index contributed by atoms with van der Waals surface area (Å²) in [6.45, 7) is 7.04. The van der Waals surface area contributed by atoms with Crippen molar-refractivity contribution in [2.24, 2.45) is 5.73 Å². The first kappa shape index (κ1) is 17.2. The molecule has 1 aliphatic rings. The molecule has 0 radical (unpaired) electrons. The van der Waals surface area contributed by atoms with Crippen LogP contribution in [0.15, 0.2) is 18.2 Å². The van der Waals surface area contributed by atoms with E-state index in [2.05, 4.69) is 0 Å². The van der Waals surface area contributed by atoms with Gasteiger partial charge in [-0.15, -0.1) is 0 Å². The molecular weight excluding hydrogens is 301 g/mol. The number of nitrogens with two attached hydrogens (primary N) is 1. The molecule has 1 fully saturated rings. The fraction of sp³-hybridized carbons (Fsp3) is 0.571. The van der Waals surface area contributed by atoms with Crippen LogP contribution >= 0.6 is 0 Å². The summed E-state index contributed by atoms with van der Waals surface area (Å²) in [5.41, 5.74) is 2.66. The molecule has 1 aromatic rings. The lowest BCUT2D eigenvalue weighted by molar-refractivity contribution is -0.140. The van der Waals surface area contributed by atoms with Gasteiger partial charge in [0, 0.05) is 0 Å². The van der Waals surface area contributed by atoms with Gasteiger partial charge in [0.05, 0.1) is 22.7 Å². The second-order valence-electron chi connectivity index (χ2n) is 6.35. The number of rotatable bonds is 2. The molecule has 0 spiro atoms. The summed E-state index contributed by atoms with van der Waals surface area (Å²) in [6.07, 6.45) is -4.85. The van der Waals surface area contributed by atoms with E-state index in [4.69, 9.17) is 15.0 Å². The molecule has 1 atom stereocenters. The maximum atomic E-state index is 13.6. The molecule has 0 amide bonds. The zero-order valence-electron chi connectivity index (χ0n) is 12.8. The van der Waals surface area contributed by atoms with E-state index in [1.54, 1.807) is 27.7 Å². The van der Waals surface area contributed by atoms with Crippen molar-refractivity contribution in [2.45, 2.75) is 51.0 Å². The number of hydrogen-bond acceptors (Lipinski definition) is 3. The molecule has 0 saturated carbocycles. The molecule has 1 aromatic carbocycles. The van der Waals surface area contributed by atoms with E-state index in [0.717, 1.165) is 12.1 Å². The fourth-order valence-electron chi connectivity index (χ4n) is 2.30. The average Bonchev–Trinajstić information content (AvgIpc) is 2.55. The van der Waals surface area contributed by atoms with E-state index in [1.807, 2.05) is 0 Å². The Balaban J connectivity index is 2.40. The van der Waals surface area contributed by atoms with Gasteiger partial charge in [-0.2, -0.15) is 13.2 Å². The third-order valence-corrected chi connectivity index (χ3v) is 4.25. The summed E-state index contributed by atoms with van der Waals surface area (Å²) in [5, 5.41) is 0. The van der Waals surface area contributed by atoms with Crippen LogP contribution in [-0.2, 0) is 15.5 Å². The molecule has 3 nitrogen and oxygen atoms in total. The van der Waals surface area contributed by atoms with Crippen LogP contribution in [0, 0.1) is 5.82 Å². The molecule has 122 valence electrons. The first-order chi connectivity index (χ1) is 9.87.